The lowest BCUT2D eigenvalue weighted by Crippen LogP contribution is -2.31. The summed E-state index contributed by atoms with van der Waals surface area (Å²) in [4.78, 5) is 7.97. The Kier molecular flexibility index (Phi) is 9.78. The lowest BCUT2D eigenvalue weighted by molar-refractivity contribution is -0.154. The first-order chi connectivity index (χ1) is 13.3. The highest BCUT2D eigenvalue weighted by atomic mass is 127. The van der Waals surface area contributed by atoms with E-state index < -0.39 is 12.8 Å². The van der Waals surface area contributed by atoms with Crippen molar-refractivity contribution in [3.8, 4) is 17.4 Å². The smallest absolute Gasteiger partial charge is 0.422 e. The van der Waals surface area contributed by atoms with Crippen molar-refractivity contribution in [2.45, 2.75) is 19.3 Å². The van der Waals surface area contributed by atoms with Crippen molar-refractivity contribution < 1.29 is 27.4 Å². The topological polar surface area (TPSA) is 91.0 Å². The minimum Gasteiger partial charge on any atom is -0.493 e. The first kappa shape index (κ1) is 24.6. The minimum atomic E-state index is -4.42. The third kappa shape index (κ3) is 8.62. The number of pyridine rings is 1. The van der Waals surface area contributed by atoms with Gasteiger partial charge in [-0.1, -0.05) is 6.07 Å². The first-order valence-electron chi connectivity index (χ1n) is 8.20. The molecule has 0 saturated carbocycles. The van der Waals surface area contributed by atoms with E-state index in [-0.39, 0.29) is 42.4 Å². The zero-order valence-corrected chi connectivity index (χ0v) is 18.2. The van der Waals surface area contributed by atoms with Crippen molar-refractivity contribution >= 4 is 29.9 Å². The van der Waals surface area contributed by atoms with Crippen LogP contribution in [0.1, 0.15) is 11.1 Å². The van der Waals surface area contributed by atoms with Crippen LogP contribution in [0.25, 0.3) is 0 Å². The van der Waals surface area contributed by atoms with E-state index in [1.807, 2.05) is 6.07 Å². The molecule has 0 aliphatic rings. The van der Waals surface area contributed by atoms with Crippen LogP contribution < -0.4 is 25.3 Å². The molecule has 1 aromatic heterocycles. The highest BCUT2D eigenvalue weighted by Gasteiger charge is 2.28. The summed E-state index contributed by atoms with van der Waals surface area (Å²) in [5.74, 6) is 1.27. The Morgan fingerprint density at radius 3 is 2.48 bits per heavy atom. The first-order valence-corrected chi connectivity index (χ1v) is 8.20. The number of ether oxygens (including phenoxy) is 3. The van der Waals surface area contributed by atoms with Gasteiger partial charge in [0.2, 0.25) is 5.88 Å². The molecule has 2 aromatic rings. The SMILES string of the molecule is COc1ccc(CN=C(N)NCc2ccnc(OCC(F)(F)F)c2)cc1OC.I. The summed E-state index contributed by atoms with van der Waals surface area (Å²) in [5.41, 5.74) is 7.36. The number of halogens is 4. The molecule has 0 aliphatic heterocycles. The molecule has 0 fully saturated rings. The van der Waals surface area contributed by atoms with E-state index in [0.717, 1.165) is 5.56 Å². The third-order valence-electron chi connectivity index (χ3n) is 3.54. The van der Waals surface area contributed by atoms with E-state index in [1.165, 1.54) is 12.3 Å². The van der Waals surface area contributed by atoms with Crippen molar-refractivity contribution in [1.82, 2.24) is 10.3 Å². The normalized spacial score (nSPS) is 11.4. The van der Waals surface area contributed by atoms with E-state index in [4.69, 9.17) is 15.2 Å². The molecule has 0 radical (unpaired) electrons. The van der Waals surface area contributed by atoms with Gasteiger partial charge in [0, 0.05) is 18.8 Å². The summed E-state index contributed by atoms with van der Waals surface area (Å²) in [7, 11) is 3.10. The number of hydrogen-bond acceptors (Lipinski definition) is 5. The van der Waals surface area contributed by atoms with Crippen LogP contribution in [0.4, 0.5) is 13.2 Å². The Bertz CT molecular complexity index is 819. The molecule has 0 unspecified atom stereocenters. The Morgan fingerprint density at radius 2 is 1.83 bits per heavy atom. The highest BCUT2D eigenvalue weighted by Crippen LogP contribution is 2.27. The zero-order valence-electron chi connectivity index (χ0n) is 15.8. The van der Waals surface area contributed by atoms with Crippen molar-refractivity contribution in [1.29, 1.82) is 0 Å². The van der Waals surface area contributed by atoms with Crippen molar-refractivity contribution in [3.63, 3.8) is 0 Å². The molecular weight excluding hydrogens is 504 g/mol. The number of nitrogens with one attached hydrogen (secondary N) is 1. The molecule has 0 aliphatic carbocycles. The zero-order chi connectivity index (χ0) is 20.6. The predicted octanol–water partition coefficient (Wildman–Crippen LogP) is 3.26. The van der Waals surface area contributed by atoms with Gasteiger partial charge >= 0.3 is 6.18 Å². The summed E-state index contributed by atoms with van der Waals surface area (Å²) in [5, 5.41) is 2.89. The van der Waals surface area contributed by atoms with Crippen molar-refractivity contribution in [3.05, 3.63) is 47.7 Å². The molecule has 29 heavy (non-hydrogen) atoms. The standard InChI is InChI=1S/C18H21F3N4O3.HI/c1-26-14-4-3-12(7-15(14)27-2)9-24-17(22)25-10-13-5-6-23-16(8-13)28-11-18(19,20)21;/h3-8H,9-11H2,1-2H3,(H3,22,24,25);1H. The van der Waals surface area contributed by atoms with Crippen molar-refractivity contribution in [2.75, 3.05) is 20.8 Å². The second kappa shape index (κ2) is 11.5. The number of alkyl halides is 3. The molecule has 0 bridgehead atoms. The van der Waals surface area contributed by atoms with Gasteiger partial charge in [-0.2, -0.15) is 13.2 Å². The van der Waals surface area contributed by atoms with Crippen LogP contribution in [0.5, 0.6) is 17.4 Å². The molecule has 160 valence electrons. The van der Waals surface area contributed by atoms with Crippen LogP contribution in [0.15, 0.2) is 41.5 Å². The largest absolute Gasteiger partial charge is 0.493 e. The van der Waals surface area contributed by atoms with Gasteiger partial charge in [-0.3, -0.25) is 0 Å². The van der Waals surface area contributed by atoms with Gasteiger partial charge in [-0.05, 0) is 29.3 Å². The Balaban J connectivity index is 0.00000420. The molecule has 1 heterocycles. The second-order valence-electron chi connectivity index (χ2n) is 5.65. The number of aliphatic imine (C=N–C) groups is 1. The average Bonchev–Trinajstić information content (AvgIpc) is 2.68. The molecule has 0 spiro atoms. The number of benzene rings is 1. The van der Waals surface area contributed by atoms with E-state index in [9.17, 15) is 13.2 Å². The van der Waals surface area contributed by atoms with Gasteiger partial charge in [0.05, 0.1) is 20.8 Å². The number of guanidine groups is 1. The van der Waals surface area contributed by atoms with Gasteiger partial charge in [0.1, 0.15) is 0 Å². The summed E-state index contributed by atoms with van der Waals surface area (Å²) in [6.45, 7) is -0.826. The third-order valence-corrected chi connectivity index (χ3v) is 3.54. The van der Waals surface area contributed by atoms with Gasteiger partial charge in [-0.15, -0.1) is 24.0 Å². The minimum absolute atomic E-state index is 0. The lowest BCUT2D eigenvalue weighted by Gasteiger charge is -2.10. The van der Waals surface area contributed by atoms with Gasteiger partial charge < -0.3 is 25.3 Å². The Morgan fingerprint density at radius 1 is 1.10 bits per heavy atom. The van der Waals surface area contributed by atoms with Crippen LogP contribution in [0, 0.1) is 0 Å². The predicted molar refractivity (Wildman–Crippen MR) is 113 cm³/mol. The molecule has 0 atom stereocenters. The highest BCUT2D eigenvalue weighted by molar-refractivity contribution is 14.0. The number of methoxy groups -OCH3 is 2. The second-order valence-corrected chi connectivity index (χ2v) is 5.65. The maximum atomic E-state index is 12.2. The van der Waals surface area contributed by atoms with E-state index in [0.29, 0.717) is 23.6 Å². The number of rotatable bonds is 8. The number of nitrogens with zero attached hydrogens (tertiary/aromatic N) is 2. The maximum Gasteiger partial charge on any atom is 0.422 e. The summed E-state index contributed by atoms with van der Waals surface area (Å²) in [6.07, 6.45) is -3.06. The fourth-order valence-corrected chi connectivity index (χ4v) is 2.20. The average molecular weight is 526 g/mol. The summed E-state index contributed by atoms with van der Waals surface area (Å²) in [6, 6.07) is 8.44. The molecule has 11 heteroatoms. The summed E-state index contributed by atoms with van der Waals surface area (Å²) >= 11 is 0. The molecule has 0 saturated heterocycles. The summed E-state index contributed by atoms with van der Waals surface area (Å²) < 4.78 is 51.6. The fourth-order valence-electron chi connectivity index (χ4n) is 2.20. The van der Waals surface area contributed by atoms with Gasteiger partial charge in [0.25, 0.3) is 0 Å². The van der Waals surface area contributed by atoms with E-state index in [1.54, 1.807) is 32.4 Å². The van der Waals surface area contributed by atoms with Crippen LogP contribution in [-0.4, -0.2) is 37.9 Å². The monoisotopic (exact) mass is 526 g/mol. The van der Waals surface area contributed by atoms with E-state index >= 15 is 0 Å². The van der Waals surface area contributed by atoms with Gasteiger partial charge in [0.15, 0.2) is 24.1 Å². The Labute approximate surface area is 183 Å². The molecule has 2 rings (SSSR count). The molecular formula is C18H22F3IN4O3. The van der Waals surface area contributed by atoms with Crippen LogP contribution in [0.3, 0.4) is 0 Å². The lowest BCUT2D eigenvalue weighted by atomic mass is 10.2. The van der Waals surface area contributed by atoms with Gasteiger partial charge in [-0.25, -0.2) is 9.98 Å². The quantitative estimate of drug-likeness (QED) is 0.312. The van der Waals surface area contributed by atoms with Crippen LogP contribution in [0.2, 0.25) is 0 Å². The maximum absolute atomic E-state index is 12.2. The van der Waals surface area contributed by atoms with Crippen LogP contribution in [-0.2, 0) is 13.1 Å². The molecule has 3 N–H and O–H groups in total. The molecule has 1 aromatic carbocycles. The van der Waals surface area contributed by atoms with E-state index in [2.05, 4.69) is 20.0 Å². The molecule has 0 amide bonds. The number of nitrogens with two attached hydrogens (primary N) is 1. The number of hydrogen-bond donors (Lipinski definition) is 2. The fraction of sp³-hybridized carbons (Fsp3) is 0.333. The van der Waals surface area contributed by atoms with Crippen LogP contribution >= 0.6 is 24.0 Å². The number of aromatic nitrogens is 1. The molecule has 7 nitrogen and oxygen atoms in total. The van der Waals surface area contributed by atoms with Crippen molar-refractivity contribution in [2.24, 2.45) is 10.7 Å². The Hall–Kier alpha value is -2.44.